The Kier molecular flexibility index (Phi) is 4.13. The van der Waals surface area contributed by atoms with Crippen molar-refractivity contribution in [1.29, 1.82) is 0 Å². The standard InChI is InChI=1S/C13H12N4O3/c18-13(16-15-10-6-2-1-3-7-10)14-11-8-4-5-9-12(11)17(19)20/h1-9,15H,(H2,14,16,18). The second-order valence-corrected chi connectivity index (χ2v) is 3.84. The molecule has 0 aromatic heterocycles. The molecule has 2 aromatic carbocycles. The fraction of sp³-hybridized carbons (Fsp3) is 0. The Balaban J connectivity index is 1.97. The van der Waals surface area contributed by atoms with Gasteiger partial charge in [-0.25, -0.2) is 4.79 Å². The first-order valence-corrected chi connectivity index (χ1v) is 5.78. The lowest BCUT2D eigenvalue weighted by Gasteiger charge is -2.09. The molecule has 0 bridgehead atoms. The third kappa shape index (κ3) is 3.45. The van der Waals surface area contributed by atoms with Gasteiger partial charge in [0.2, 0.25) is 0 Å². The maximum Gasteiger partial charge on any atom is 0.338 e. The van der Waals surface area contributed by atoms with Crippen LogP contribution in [0.2, 0.25) is 0 Å². The number of nitrogens with one attached hydrogen (secondary N) is 3. The highest BCUT2D eigenvalue weighted by Gasteiger charge is 2.14. The summed E-state index contributed by atoms with van der Waals surface area (Å²) >= 11 is 0. The highest BCUT2D eigenvalue weighted by Crippen LogP contribution is 2.22. The fourth-order valence-electron chi connectivity index (χ4n) is 1.54. The highest BCUT2D eigenvalue weighted by molar-refractivity contribution is 5.92. The summed E-state index contributed by atoms with van der Waals surface area (Å²) in [5, 5.41) is 13.2. The van der Waals surface area contributed by atoms with Crippen molar-refractivity contribution in [2.45, 2.75) is 0 Å². The molecular weight excluding hydrogens is 260 g/mol. The number of nitro benzene ring substituents is 1. The van der Waals surface area contributed by atoms with Crippen molar-refractivity contribution in [3.05, 3.63) is 64.7 Å². The average molecular weight is 272 g/mol. The lowest BCUT2D eigenvalue weighted by Crippen LogP contribution is -2.33. The van der Waals surface area contributed by atoms with E-state index in [0.29, 0.717) is 5.69 Å². The molecule has 0 unspecified atom stereocenters. The number of carbonyl (C=O) groups excluding carboxylic acids is 1. The number of hydrogen-bond donors (Lipinski definition) is 3. The zero-order valence-corrected chi connectivity index (χ0v) is 10.4. The molecule has 0 saturated carbocycles. The molecule has 0 spiro atoms. The Bertz CT molecular complexity index is 616. The van der Waals surface area contributed by atoms with Gasteiger partial charge in [-0.3, -0.25) is 21.0 Å². The van der Waals surface area contributed by atoms with E-state index in [1.54, 1.807) is 18.2 Å². The number of anilines is 2. The SMILES string of the molecule is O=C(NNc1ccccc1)Nc1ccccc1[N+](=O)[O-]. The van der Waals surface area contributed by atoms with Gasteiger partial charge in [0.05, 0.1) is 10.6 Å². The van der Waals surface area contributed by atoms with E-state index in [1.807, 2.05) is 18.2 Å². The van der Waals surface area contributed by atoms with Crippen molar-refractivity contribution < 1.29 is 9.72 Å². The number of rotatable bonds is 4. The van der Waals surface area contributed by atoms with E-state index in [-0.39, 0.29) is 11.4 Å². The monoisotopic (exact) mass is 272 g/mol. The second kappa shape index (κ2) is 6.19. The molecule has 0 aliphatic carbocycles. The number of carbonyl (C=O) groups is 1. The van der Waals surface area contributed by atoms with Crippen molar-refractivity contribution in [2.24, 2.45) is 0 Å². The summed E-state index contributed by atoms with van der Waals surface area (Å²) in [5.74, 6) is 0. The van der Waals surface area contributed by atoms with E-state index in [0.717, 1.165) is 0 Å². The summed E-state index contributed by atoms with van der Waals surface area (Å²) in [6, 6.07) is 14.3. The molecule has 0 atom stereocenters. The number of urea groups is 1. The van der Waals surface area contributed by atoms with E-state index in [1.165, 1.54) is 18.2 Å². The summed E-state index contributed by atoms with van der Waals surface area (Å²) in [6.07, 6.45) is 0. The van der Waals surface area contributed by atoms with Crippen LogP contribution in [0.5, 0.6) is 0 Å². The van der Waals surface area contributed by atoms with Crippen LogP contribution >= 0.6 is 0 Å². The molecule has 3 N–H and O–H groups in total. The van der Waals surface area contributed by atoms with Crippen LogP contribution in [0.4, 0.5) is 21.9 Å². The summed E-state index contributed by atoms with van der Waals surface area (Å²) < 4.78 is 0. The molecule has 0 radical (unpaired) electrons. The molecule has 0 aliphatic rings. The Morgan fingerprint density at radius 2 is 1.65 bits per heavy atom. The largest absolute Gasteiger partial charge is 0.338 e. The topological polar surface area (TPSA) is 96.3 Å². The van der Waals surface area contributed by atoms with Crippen LogP contribution in [0.3, 0.4) is 0 Å². The van der Waals surface area contributed by atoms with Gasteiger partial charge in [-0.2, -0.15) is 0 Å². The summed E-state index contributed by atoms with van der Waals surface area (Å²) in [5.41, 5.74) is 5.74. The minimum Gasteiger partial charge on any atom is -0.301 e. The summed E-state index contributed by atoms with van der Waals surface area (Å²) in [7, 11) is 0. The lowest BCUT2D eigenvalue weighted by molar-refractivity contribution is -0.383. The number of nitrogens with zero attached hydrogens (tertiary/aromatic N) is 1. The number of amides is 2. The zero-order valence-electron chi connectivity index (χ0n) is 10.4. The molecule has 2 rings (SSSR count). The van der Waals surface area contributed by atoms with E-state index in [9.17, 15) is 14.9 Å². The van der Waals surface area contributed by atoms with E-state index < -0.39 is 11.0 Å². The zero-order chi connectivity index (χ0) is 14.4. The smallest absolute Gasteiger partial charge is 0.301 e. The van der Waals surface area contributed by atoms with Gasteiger partial charge in [0.25, 0.3) is 5.69 Å². The quantitative estimate of drug-likeness (QED) is 0.589. The summed E-state index contributed by atoms with van der Waals surface area (Å²) in [6.45, 7) is 0. The molecule has 2 amide bonds. The third-order valence-corrected chi connectivity index (χ3v) is 2.44. The van der Waals surface area contributed by atoms with Gasteiger partial charge in [0.1, 0.15) is 5.69 Å². The first kappa shape index (κ1) is 13.3. The van der Waals surface area contributed by atoms with Crippen LogP contribution in [0.25, 0.3) is 0 Å². The molecule has 0 saturated heterocycles. The molecule has 102 valence electrons. The maximum atomic E-state index is 11.7. The van der Waals surface area contributed by atoms with Crippen LogP contribution in [-0.2, 0) is 0 Å². The van der Waals surface area contributed by atoms with Crippen molar-refractivity contribution in [3.63, 3.8) is 0 Å². The first-order chi connectivity index (χ1) is 9.66. The maximum absolute atomic E-state index is 11.7. The van der Waals surface area contributed by atoms with Crippen molar-refractivity contribution in [2.75, 3.05) is 10.7 Å². The first-order valence-electron chi connectivity index (χ1n) is 5.78. The number of hydrogen-bond acceptors (Lipinski definition) is 4. The highest BCUT2D eigenvalue weighted by atomic mass is 16.6. The molecule has 0 fully saturated rings. The minimum atomic E-state index is -0.594. The van der Waals surface area contributed by atoms with Gasteiger partial charge in [-0.15, -0.1) is 0 Å². The number of hydrazine groups is 1. The van der Waals surface area contributed by atoms with E-state index in [4.69, 9.17) is 0 Å². The third-order valence-electron chi connectivity index (χ3n) is 2.44. The molecule has 20 heavy (non-hydrogen) atoms. The van der Waals surface area contributed by atoms with Gasteiger partial charge in [0, 0.05) is 6.07 Å². The van der Waals surface area contributed by atoms with Crippen LogP contribution in [0, 0.1) is 10.1 Å². The van der Waals surface area contributed by atoms with E-state index >= 15 is 0 Å². The fourth-order valence-corrected chi connectivity index (χ4v) is 1.54. The predicted molar refractivity (Wildman–Crippen MR) is 75.3 cm³/mol. The lowest BCUT2D eigenvalue weighted by atomic mass is 10.3. The normalized spacial score (nSPS) is 9.60. The average Bonchev–Trinajstić information content (AvgIpc) is 2.46. The molecular formula is C13H12N4O3. The number of benzene rings is 2. The minimum absolute atomic E-state index is 0.130. The van der Waals surface area contributed by atoms with Crippen LogP contribution in [-0.4, -0.2) is 11.0 Å². The number of nitro groups is 1. The van der Waals surface area contributed by atoms with Crippen molar-refractivity contribution >= 4 is 23.1 Å². The Morgan fingerprint density at radius 3 is 2.35 bits per heavy atom. The second-order valence-electron chi connectivity index (χ2n) is 3.84. The molecule has 2 aromatic rings. The Labute approximate surface area is 114 Å². The van der Waals surface area contributed by atoms with Gasteiger partial charge in [-0.05, 0) is 18.2 Å². The Morgan fingerprint density at radius 1 is 1.00 bits per heavy atom. The van der Waals surface area contributed by atoms with Gasteiger partial charge in [-0.1, -0.05) is 30.3 Å². The van der Waals surface area contributed by atoms with Crippen molar-refractivity contribution in [3.8, 4) is 0 Å². The van der Waals surface area contributed by atoms with Crippen LogP contribution < -0.4 is 16.2 Å². The summed E-state index contributed by atoms with van der Waals surface area (Å²) in [4.78, 5) is 21.9. The Hall–Kier alpha value is -3.09. The van der Waals surface area contributed by atoms with Crippen LogP contribution in [0.15, 0.2) is 54.6 Å². The van der Waals surface area contributed by atoms with Crippen LogP contribution in [0.1, 0.15) is 0 Å². The molecule has 7 nitrogen and oxygen atoms in total. The van der Waals surface area contributed by atoms with Crippen molar-refractivity contribution in [1.82, 2.24) is 5.43 Å². The van der Waals surface area contributed by atoms with Gasteiger partial charge < -0.3 is 5.32 Å². The molecule has 0 heterocycles. The molecule has 7 heteroatoms. The predicted octanol–water partition coefficient (Wildman–Crippen LogP) is 2.74. The van der Waals surface area contributed by atoms with E-state index in [2.05, 4.69) is 16.2 Å². The van der Waals surface area contributed by atoms with Gasteiger partial charge in [0.15, 0.2) is 0 Å². The molecule has 0 aliphatic heterocycles. The number of para-hydroxylation sites is 3. The van der Waals surface area contributed by atoms with Gasteiger partial charge >= 0.3 is 6.03 Å².